The number of nitrogens with two attached hydrogens (primary N) is 1. The molecular formula is C22H29N5O3S3. The van der Waals surface area contributed by atoms with E-state index in [1.165, 1.54) is 0 Å². The fourth-order valence-electron chi connectivity index (χ4n) is 3.49. The Morgan fingerprint density at radius 1 is 1.24 bits per heavy atom. The van der Waals surface area contributed by atoms with E-state index in [9.17, 15) is 8.42 Å². The highest BCUT2D eigenvalue weighted by atomic mass is 32.2. The van der Waals surface area contributed by atoms with Gasteiger partial charge in [0.25, 0.3) is 0 Å². The van der Waals surface area contributed by atoms with Crippen molar-refractivity contribution in [3.05, 3.63) is 48.3 Å². The first kappa shape index (κ1) is 24.1. The third-order valence-electron chi connectivity index (χ3n) is 5.34. The van der Waals surface area contributed by atoms with Gasteiger partial charge in [-0.15, -0.1) is 11.8 Å². The molecule has 1 aliphatic heterocycles. The predicted octanol–water partition coefficient (Wildman–Crippen LogP) is 4.57. The van der Waals surface area contributed by atoms with Crippen molar-refractivity contribution in [3.63, 3.8) is 0 Å². The SMILES string of the molecule is CC(C)(C)c1cnc(CSc2cnc(NC3CCCN(S(=O)(=O)c4ccc(N)cc4)C3)s2)o1. The number of oxazole rings is 1. The maximum Gasteiger partial charge on any atom is 0.243 e. The molecule has 1 aromatic carbocycles. The molecule has 3 aromatic rings. The number of hydrogen-bond donors (Lipinski definition) is 2. The van der Waals surface area contributed by atoms with Gasteiger partial charge < -0.3 is 15.5 Å². The van der Waals surface area contributed by atoms with E-state index in [0.29, 0.717) is 30.4 Å². The lowest BCUT2D eigenvalue weighted by Crippen LogP contribution is -2.45. The molecule has 1 atom stereocenters. The van der Waals surface area contributed by atoms with Crippen LogP contribution in [0.15, 0.2) is 50.2 Å². The number of thioether (sulfide) groups is 1. The van der Waals surface area contributed by atoms with Gasteiger partial charge in [0, 0.05) is 30.2 Å². The number of anilines is 2. The van der Waals surface area contributed by atoms with Gasteiger partial charge in [-0.25, -0.2) is 18.4 Å². The summed E-state index contributed by atoms with van der Waals surface area (Å²) < 4.78 is 34.5. The molecule has 0 saturated carbocycles. The van der Waals surface area contributed by atoms with Gasteiger partial charge >= 0.3 is 0 Å². The van der Waals surface area contributed by atoms with E-state index in [4.69, 9.17) is 10.2 Å². The zero-order valence-corrected chi connectivity index (χ0v) is 21.4. The number of piperidine rings is 1. The van der Waals surface area contributed by atoms with Crippen molar-refractivity contribution in [2.45, 2.75) is 59.9 Å². The molecule has 11 heteroatoms. The molecule has 3 N–H and O–H groups in total. The minimum atomic E-state index is -3.55. The third kappa shape index (κ3) is 5.89. The van der Waals surface area contributed by atoms with Crippen LogP contribution in [0.2, 0.25) is 0 Å². The van der Waals surface area contributed by atoms with Crippen LogP contribution >= 0.6 is 23.1 Å². The standard InChI is InChI=1S/C22H29N5O3S3/c1-22(2,3)18-11-24-19(30-18)14-31-20-12-25-21(32-20)26-16-5-4-10-27(13-16)33(28,29)17-8-6-15(23)7-9-17/h6-9,11-12,16H,4-5,10,13-14,23H2,1-3H3,(H,25,26). The van der Waals surface area contributed by atoms with E-state index in [0.717, 1.165) is 27.9 Å². The number of rotatable bonds is 7. The van der Waals surface area contributed by atoms with Gasteiger partial charge in [-0.3, -0.25) is 0 Å². The van der Waals surface area contributed by atoms with Gasteiger partial charge in [-0.05, 0) is 37.1 Å². The van der Waals surface area contributed by atoms with Crippen molar-refractivity contribution in [2.24, 2.45) is 0 Å². The number of nitrogens with one attached hydrogen (secondary N) is 1. The molecule has 0 bridgehead atoms. The second-order valence-corrected chi connectivity index (χ2v) is 13.3. The van der Waals surface area contributed by atoms with Crippen LogP contribution in [0.25, 0.3) is 0 Å². The molecule has 0 aliphatic carbocycles. The Bertz CT molecular complexity index is 1180. The number of thiazole rings is 1. The van der Waals surface area contributed by atoms with Crippen LogP contribution in [-0.4, -0.2) is 41.8 Å². The van der Waals surface area contributed by atoms with Gasteiger partial charge in [-0.2, -0.15) is 4.31 Å². The number of aromatic nitrogens is 2. The van der Waals surface area contributed by atoms with Crippen molar-refractivity contribution >= 4 is 43.9 Å². The van der Waals surface area contributed by atoms with Gasteiger partial charge in [0.1, 0.15) is 5.76 Å². The minimum Gasteiger partial charge on any atom is -0.444 e. The van der Waals surface area contributed by atoms with Crippen molar-refractivity contribution in [1.29, 1.82) is 0 Å². The molecule has 0 radical (unpaired) electrons. The topological polar surface area (TPSA) is 114 Å². The van der Waals surface area contributed by atoms with Crippen molar-refractivity contribution in [2.75, 3.05) is 24.1 Å². The number of nitrogen functional groups attached to an aromatic ring is 1. The van der Waals surface area contributed by atoms with E-state index in [2.05, 4.69) is 36.1 Å². The van der Waals surface area contributed by atoms with Crippen molar-refractivity contribution in [1.82, 2.24) is 14.3 Å². The zero-order valence-electron chi connectivity index (χ0n) is 18.9. The average Bonchev–Trinajstić information content (AvgIpc) is 3.42. The molecule has 3 heterocycles. The molecule has 2 aromatic heterocycles. The van der Waals surface area contributed by atoms with Crippen LogP contribution in [0.5, 0.6) is 0 Å². The van der Waals surface area contributed by atoms with Crippen LogP contribution < -0.4 is 11.1 Å². The molecule has 1 saturated heterocycles. The molecular weight excluding hydrogens is 478 g/mol. The first-order valence-electron chi connectivity index (χ1n) is 10.8. The Morgan fingerprint density at radius 2 is 2.00 bits per heavy atom. The van der Waals surface area contributed by atoms with Crippen molar-refractivity contribution < 1.29 is 12.8 Å². The molecule has 1 fully saturated rings. The van der Waals surface area contributed by atoms with Crippen LogP contribution in [-0.2, 0) is 21.2 Å². The second-order valence-electron chi connectivity index (χ2n) is 9.06. The van der Waals surface area contributed by atoms with Crippen LogP contribution in [0.4, 0.5) is 10.8 Å². The lowest BCUT2D eigenvalue weighted by atomic mass is 9.94. The van der Waals surface area contributed by atoms with E-state index in [1.54, 1.807) is 57.9 Å². The summed E-state index contributed by atoms with van der Waals surface area (Å²) in [5.41, 5.74) is 6.18. The van der Waals surface area contributed by atoms with E-state index >= 15 is 0 Å². The number of sulfonamides is 1. The summed E-state index contributed by atoms with van der Waals surface area (Å²) in [7, 11) is -3.55. The maximum absolute atomic E-state index is 13.0. The Morgan fingerprint density at radius 3 is 2.70 bits per heavy atom. The Labute approximate surface area is 203 Å². The average molecular weight is 508 g/mol. The smallest absolute Gasteiger partial charge is 0.243 e. The first-order chi connectivity index (χ1) is 15.6. The largest absolute Gasteiger partial charge is 0.444 e. The molecule has 1 aliphatic rings. The van der Waals surface area contributed by atoms with Gasteiger partial charge in [-0.1, -0.05) is 32.1 Å². The first-order valence-corrected chi connectivity index (χ1v) is 14.0. The number of benzene rings is 1. The summed E-state index contributed by atoms with van der Waals surface area (Å²) in [5, 5.41) is 4.20. The summed E-state index contributed by atoms with van der Waals surface area (Å²) in [6, 6.07) is 6.36. The molecule has 0 amide bonds. The van der Waals surface area contributed by atoms with E-state index in [-0.39, 0.29) is 16.4 Å². The Kier molecular flexibility index (Phi) is 7.04. The molecule has 8 nitrogen and oxygen atoms in total. The molecule has 4 rings (SSSR count). The fraction of sp³-hybridized carbons (Fsp3) is 0.455. The summed E-state index contributed by atoms with van der Waals surface area (Å²) in [4.78, 5) is 9.12. The second kappa shape index (κ2) is 9.65. The summed E-state index contributed by atoms with van der Waals surface area (Å²) in [6.45, 7) is 7.20. The lowest BCUT2D eigenvalue weighted by Gasteiger charge is -2.32. The van der Waals surface area contributed by atoms with Gasteiger partial charge in [0.05, 0.1) is 27.3 Å². The fourth-order valence-corrected chi connectivity index (χ4v) is 6.82. The zero-order chi connectivity index (χ0) is 23.6. The number of hydrogen-bond acceptors (Lipinski definition) is 9. The molecule has 1 unspecified atom stereocenters. The van der Waals surface area contributed by atoms with E-state index < -0.39 is 10.0 Å². The Balaban J connectivity index is 1.34. The summed E-state index contributed by atoms with van der Waals surface area (Å²) in [6.07, 6.45) is 5.31. The lowest BCUT2D eigenvalue weighted by molar-refractivity contribution is 0.327. The monoisotopic (exact) mass is 507 g/mol. The quantitative estimate of drug-likeness (QED) is 0.353. The highest BCUT2D eigenvalue weighted by Gasteiger charge is 2.30. The molecule has 0 spiro atoms. The highest BCUT2D eigenvalue weighted by molar-refractivity contribution is 8.00. The Hall–Kier alpha value is -2.08. The predicted molar refractivity (Wildman–Crippen MR) is 133 cm³/mol. The molecule has 178 valence electrons. The summed E-state index contributed by atoms with van der Waals surface area (Å²) >= 11 is 3.18. The third-order valence-corrected chi connectivity index (χ3v) is 9.33. The van der Waals surface area contributed by atoms with Crippen LogP contribution in [0.1, 0.15) is 45.3 Å². The van der Waals surface area contributed by atoms with Crippen LogP contribution in [0, 0.1) is 0 Å². The molecule has 33 heavy (non-hydrogen) atoms. The normalized spacial score (nSPS) is 17.8. The van der Waals surface area contributed by atoms with Crippen LogP contribution in [0.3, 0.4) is 0 Å². The van der Waals surface area contributed by atoms with Crippen molar-refractivity contribution in [3.8, 4) is 0 Å². The van der Waals surface area contributed by atoms with E-state index in [1.807, 2.05) is 6.20 Å². The maximum atomic E-state index is 13.0. The van der Waals surface area contributed by atoms with Gasteiger partial charge in [0.2, 0.25) is 15.9 Å². The highest BCUT2D eigenvalue weighted by Crippen LogP contribution is 2.33. The summed E-state index contributed by atoms with van der Waals surface area (Å²) in [5.74, 6) is 2.21. The minimum absolute atomic E-state index is 0.00684. The number of nitrogens with zero attached hydrogens (tertiary/aromatic N) is 3. The van der Waals surface area contributed by atoms with Gasteiger partial charge in [0.15, 0.2) is 5.13 Å².